The van der Waals surface area contributed by atoms with Crippen LogP contribution in [0, 0.1) is 6.92 Å². The van der Waals surface area contributed by atoms with Gasteiger partial charge in [-0.3, -0.25) is 4.79 Å². The quantitative estimate of drug-likeness (QED) is 0.846. The molecular formula is C14H19NO3S. The van der Waals surface area contributed by atoms with E-state index in [-0.39, 0.29) is 23.5 Å². The van der Waals surface area contributed by atoms with E-state index in [9.17, 15) is 13.2 Å². The van der Waals surface area contributed by atoms with E-state index in [1.165, 1.54) is 0 Å². The highest BCUT2D eigenvalue weighted by atomic mass is 32.2. The molecule has 0 aliphatic carbocycles. The van der Waals surface area contributed by atoms with Gasteiger partial charge in [0.2, 0.25) is 0 Å². The van der Waals surface area contributed by atoms with E-state index in [0.717, 1.165) is 5.56 Å². The van der Waals surface area contributed by atoms with Crippen LogP contribution < -0.4 is 0 Å². The predicted molar refractivity (Wildman–Crippen MR) is 74.9 cm³/mol. The van der Waals surface area contributed by atoms with Gasteiger partial charge in [0.05, 0.1) is 11.5 Å². The molecule has 2 rings (SSSR count). The minimum absolute atomic E-state index is 0.0791. The van der Waals surface area contributed by atoms with Crippen molar-refractivity contribution in [2.24, 2.45) is 0 Å². The van der Waals surface area contributed by atoms with E-state index < -0.39 is 9.84 Å². The molecule has 0 N–H and O–H groups in total. The van der Waals surface area contributed by atoms with Crippen molar-refractivity contribution in [1.82, 2.24) is 4.90 Å². The maximum absolute atomic E-state index is 12.4. The smallest absolute Gasteiger partial charge is 0.254 e. The zero-order valence-electron chi connectivity index (χ0n) is 11.3. The number of sulfone groups is 1. The average molecular weight is 281 g/mol. The van der Waals surface area contributed by atoms with Crippen LogP contribution in [0.2, 0.25) is 0 Å². The highest BCUT2D eigenvalue weighted by molar-refractivity contribution is 7.91. The molecule has 1 aromatic rings. The number of carbonyl (C=O) groups is 1. The van der Waals surface area contributed by atoms with Crippen molar-refractivity contribution in [2.45, 2.75) is 26.3 Å². The minimum Gasteiger partial charge on any atom is -0.335 e. The number of rotatable bonds is 3. The predicted octanol–water partition coefficient (Wildman–Crippen LogP) is 1.64. The second-order valence-electron chi connectivity index (χ2n) is 5.01. The van der Waals surface area contributed by atoms with Crippen LogP contribution in [0.3, 0.4) is 0 Å². The summed E-state index contributed by atoms with van der Waals surface area (Å²) in [5.74, 6) is 0.206. The molecule has 0 radical (unpaired) electrons. The van der Waals surface area contributed by atoms with Crippen molar-refractivity contribution in [3.8, 4) is 0 Å². The molecule has 1 saturated heterocycles. The molecule has 1 aliphatic heterocycles. The van der Waals surface area contributed by atoms with Crippen LogP contribution in [-0.4, -0.2) is 43.3 Å². The zero-order valence-corrected chi connectivity index (χ0v) is 12.1. The third kappa shape index (κ3) is 3.15. The van der Waals surface area contributed by atoms with E-state index in [0.29, 0.717) is 18.5 Å². The largest absolute Gasteiger partial charge is 0.335 e. The lowest BCUT2D eigenvalue weighted by Gasteiger charge is -2.27. The summed E-state index contributed by atoms with van der Waals surface area (Å²) in [7, 11) is -2.97. The Morgan fingerprint density at radius 1 is 1.32 bits per heavy atom. The Hall–Kier alpha value is -1.36. The van der Waals surface area contributed by atoms with Crippen LogP contribution >= 0.6 is 0 Å². The summed E-state index contributed by atoms with van der Waals surface area (Å²) < 4.78 is 23.1. The topological polar surface area (TPSA) is 54.5 Å². The van der Waals surface area contributed by atoms with Crippen LogP contribution in [0.25, 0.3) is 0 Å². The fourth-order valence-corrected chi connectivity index (χ4v) is 4.18. The molecule has 0 saturated carbocycles. The Kier molecular flexibility index (Phi) is 3.94. The SMILES string of the molecule is CCN(C(=O)c1ccc(C)cc1)[C@@H]1CCS(=O)(=O)C1. The first-order chi connectivity index (χ1) is 8.93. The van der Waals surface area contributed by atoms with Gasteiger partial charge >= 0.3 is 0 Å². The Morgan fingerprint density at radius 2 is 1.95 bits per heavy atom. The zero-order chi connectivity index (χ0) is 14.0. The maximum atomic E-state index is 12.4. The highest BCUT2D eigenvalue weighted by Gasteiger charge is 2.34. The number of aryl methyl sites for hydroxylation is 1. The Bertz CT molecular complexity index is 563. The molecule has 104 valence electrons. The fourth-order valence-electron chi connectivity index (χ4n) is 2.45. The molecule has 0 bridgehead atoms. The van der Waals surface area contributed by atoms with Gasteiger partial charge in [0.25, 0.3) is 5.91 Å². The van der Waals surface area contributed by atoms with Crippen LogP contribution in [0.1, 0.15) is 29.3 Å². The fraction of sp³-hybridized carbons (Fsp3) is 0.500. The Labute approximate surface area is 114 Å². The third-order valence-electron chi connectivity index (χ3n) is 3.55. The molecule has 1 aromatic carbocycles. The van der Waals surface area contributed by atoms with Crippen LogP contribution in [0.5, 0.6) is 0 Å². The molecule has 1 atom stereocenters. The summed E-state index contributed by atoms with van der Waals surface area (Å²) in [4.78, 5) is 14.1. The molecule has 19 heavy (non-hydrogen) atoms. The molecule has 5 heteroatoms. The maximum Gasteiger partial charge on any atom is 0.254 e. The van der Waals surface area contributed by atoms with Gasteiger partial charge in [-0.1, -0.05) is 17.7 Å². The first-order valence-electron chi connectivity index (χ1n) is 6.51. The first kappa shape index (κ1) is 14.1. The third-order valence-corrected chi connectivity index (χ3v) is 5.30. The molecule has 1 heterocycles. The van der Waals surface area contributed by atoms with Gasteiger partial charge in [-0.15, -0.1) is 0 Å². The summed E-state index contributed by atoms with van der Waals surface area (Å²) in [6.07, 6.45) is 0.549. The number of hydrogen-bond donors (Lipinski definition) is 0. The van der Waals surface area contributed by atoms with Gasteiger partial charge in [-0.2, -0.15) is 0 Å². The second kappa shape index (κ2) is 5.33. The Balaban J connectivity index is 2.18. The van der Waals surface area contributed by atoms with Gasteiger partial charge < -0.3 is 4.90 Å². The molecule has 1 aliphatic rings. The van der Waals surface area contributed by atoms with Gasteiger partial charge in [-0.25, -0.2) is 8.42 Å². The van der Waals surface area contributed by atoms with Crippen molar-refractivity contribution in [1.29, 1.82) is 0 Å². The summed E-state index contributed by atoms with van der Waals surface area (Å²) in [6.45, 7) is 4.39. The lowest BCUT2D eigenvalue weighted by atomic mass is 10.1. The van der Waals surface area contributed by atoms with E-state index >= 15 is 0 Å². The van der Waals surface area contributed by atoms with E-state index in [2.05, 4.69) is 0 Å². The van der Waals surface area contributed by atoms with Gasteiger partial charge in [0, 0.05) is 18.2 Å². The summed E-state index contributed by atoms with van der Waals surface area (Å²) in [5.41, 5.74) is 1.72. The number of benzene rings is 1. The monoisotopic (exact) mass is 281 g/mol. The summed E-state index contributed by atoms with van der Waals surface area (Å²) in [5, 5.41) is 0. The van der Waals surface area contributed by atoms with Crippen molar-refractivity contribution in [3.05, 3.63) is 35.4 Å². The minimum atomic E-state index is -2.97. The number of nitrogens with zero attached hydrogens (tertiary/aromatic N) is 1. The van der Waals surface area contributed by atoms with Crippen LogP contribution in [0.15, 0.2) is 24.3 Å². The molecule has 1 amide bonds. The molecule has 0 spiro atoms. The van der Waals surface area contributed by atoms with E-state index in [1.54, 1.807) is 17.0 Å². The van der Waals surface area contributed by atoms with E-state index in [4.69, 9.17) is 0 Å². The summed E-state index contributed by atoms with van der Waals surface area (Å²) >= 11 is 0. The number of carbonyl (C=O) groups excluding carboxylic acids is 1. The number of hydrogen-bond acceptors (Lipinski definition) is 3. The van der Waals surface area contributed by atoms with Crippen molar-refractivity contribution in [3.63, 3.8) is 0 Å². The van der Waals surface area contributed by atoms with Gasteiger partial charge in [-0.05, 0) is 32.4 Å². The Morgan fingerprint density at radius 3 is 2.42 bits per heavy atom. The molecule has 0 unspecified atom stereocenters. The lowest BCUT2D eigenvalue weighted by Crippen LogP contribution is -2.40. The van der Waals surface area contributed by atoms with Crippen LogP contribution in [-0.2, 0) is 9.84 Å². The molecule has 0 aromatic heterocycles. The van der Waals surface area contributed by atoms with E-state index in [1.807, 2.05) is 26.0 Å². The highest BCUT2D eigenvalue weighted by Crippen LogP contribution is 2.20. The van der Waals surface area contributed by atoms with Gasteiger partial charge in [0.15, 0.2) is 9.84 Å². The van der Waals surface area contributed by atoms with Gasteiger partial charge in [0.1, 0.15) is 0 Å². The summed E-state index contributed by atoms with van der Waals surface area (Å²) in [6, 6.07) is 7.20. The van der Waals surface area contributed by atoms with Crippen LogP contribution in [0.4, 0.5) is 0 Å². The van der Waals surface area contributed by atoms with Crippen molar-refractivity contribution < 1.29 is 13.2 Å². The van der Waals surface area contributed by atoms with Crippen molar-refractivity contribution >= 4 is 15.7 Å². The normalized spacial score (nSPS) is 21.3. The number of amides is 1. The molecule has 4 nitrogen and oxygen atoms in total. The molecule has 1 fully saturated rings. The standard InChI is InChI=1S/C14H19NO3S/c1-3-15(13-8-9-19(17,18)10-13)14(16)12-6-4-11(2)5-7-12/h4-7,13H,3,8-10H2,1-2H3/t13-/m1/s1. The first-order valence-corrected chi connectivity index (χ1v) is 8.33. The second-order valence-corrected chi connectivity index (χ2v) is 7.24. The molecular weight excluding hydrogens is 262 g/mol. The average Bonchev–Trinajstić information content (AvgIpc) is 2.71. The lowest BCUT2D eigenvalue weighted by molar-refractivity contribution is 0.0708. The van der Waals surface area contributed by atoms with Crippen molar-refractivity contribution in [2.75, 3.05) is 18.1 Å².